The molecular weight excluding hydrogens is 355 g/mol. The van der Waals surface area contributed by atoms with Crippen LogP contribution in [0.25, 0.3) is 5.69 Å². The summed E-state index contributed by atoms with van der Waals surface area (Å²) in [4.78, 5) is 12.2. The van der Waals surface area contributed by atoms with Crippen LogP contribution in [0.4, 0.5) is 13.2 Å². The number of hydrogen-bond acceptors (Lipinski definition) is 2. The number of aromatic nitrogens is 1. The minimum atomic E-state index is -4.49. The van der Waals surface area contributed by atoms with Crippen molar-refractivity contribution in [3.63, 3.8) is 0 Å². The Morgan fingerprint density at radius 3 is 2.11 bits per heavy atom. The highest BCUT2D eigenvalue weighted by molar-refractivity contribution is 5.89. The molecule has 1 aromatic heterocycles. The number of carbonyl (C=O) groups is 1. The van der Waals surface area contributed by atoms with Crippen molar-refractivity contribution in [3.8, 4) is 5.69 Å². The number of esters is 1. The molecule has 0 fully saturated rings. The van der Waals surface area contributed by atoms with Gasteiger partial charge in [0.2, 0.25) is 0 Å². The zero-order valence-corrected chi connectivity index (χ0v) is 14.9. The van der Waals surface area contributed by atoms with Crippen LogP contribution in [0.3, 0.4) is 0 Å². The molecule has 0 bridgehead atoms. The van der Waals surface area contributed by atoms with Crippen LogP contribution in [0.5, 0.6) is 0 Å². The lowest BCUT2D eigenvalue weighted by Crippen LogP contribution is -2.12. The van der Waals surface area contributed by atoms with Gasteiger partial charge in [-0.25, -0.2) is 4.79 Å². The van der Waals surface area contributed by atoms with E-state index in [2.05, 4.69) is 0 Å². The first kappa shape index (κ1) is 18.8. The molecule has 0 aliphatic rings. The van der Waals surface area contributed by atoms with Crippen molar-refractivity contribution < 1.29 is 22.7 Å². The van der Waals surface area contributed by atoms with Crippen molar-refractivity contribution >= 4 is 5.97 Å². The van der Waals surface area contributed by atoms with Crippen LogP contribution in [0.15, 0.2) is 60.7 Å². The number of halogens is 3. The first-order valence-corrected chi connectivity index (χ1v) is 8.35. The molecule has 0 atom stereocenters. The fraction of sp³-hybridized carbons (Fsp3) is 0.190. The van der Waals surface area contributed by atoms with Crippen LogP contribution in [-0.2, 0) is 17.5 Å². The molecule has 1 heterocycles. The van der Waals surface area contributed by atoms with Gasteiger partial charge in [-0.3, -0.25) is 0 Å². The van der Waals surface area contributed by atoms with Crippen molar-refractivity contribution in [3.05, 3.63) is 88.7 Å². The highest BCUT2D eigenvalue weighted by Gasteiger charge is 2.33. The van der Waals surface area contributed by atoms with Gasteiger partial charge in [0.05, 0.1) is 11.1 Å². The summed E-state index contributed by atoms with van der Waals surface area (Å²) in [6.45, 7) is 3.52. The molecule has 0 radical (unpaired) electrons. The van der Waals surface area contributed by atoms with E-state index in [1.165, 1.54) is 18.2 Å². The second kappa shape index (κ2) is 7.31. The van der Waals surface area contributed by atoms with E-state index in [0.717, 1.165) is 23.1 Å². The maximum absolute atomic E-state index is 13.0. The zero-order valence-electron chi connectivity index (χ0n) is 14.9. The van der Waals surface area contributed by atoms with Gasteiger partial charge >= 0.3 is 12.1 Å². The van der Waals surface area contributed by atoms with Gasteiger partial charge < -0.3 is 9.30 Å². The predicted octanol–water partition coefficient (Wildman–Crippen LogP) is 5.47. The van der Waals surface area contributed by atoms with Crippen LogP contribution in [-0.4, -0.2) is 10.5 Å². The van der Waals surface area contributed by atoms with E-state index in [1.54, 1.807) is 24.3 Å². The highest BCUT2D eigenvalue weighted by Crippen LogP contribution is 2.32. The number of carbonyl (C=O) groups excluding carboxylic acids is 1. The molecule has 3 nitrogen and oxygen atoms in total. The maximum Gasteiger partial charge on any atom is 0.416 e. The number of aryl methyl sites for hydroxylation is 2. The third kappa shape index (κ3) is 4.05. The van der Waals surface area contributed by atoms with Crippen LogP contribution >= 0.6 is 0 Å². The molecule has 0 spiro atoms. The molecule has 3 rings (SSSR count). The summed E-state index contributed by atoms with van der Waals surface area (Å²) in [5.41, 5.74) is 2.43. The lowest BCUT2D eigenvalue weighted by Gasteiger charge is -2.13. The fourth-order valence-corrected chi connectivity index (χ4v) is 2.97. The second-order valence-electron chi connectivity index (χ2n) is 6.23. The molecule has 0 unspecified atom stereocenters. The maximum atomic E-state index is 13.0. The number of nitrogens with zero attached hydrogens (tertiary/aromatic N) is 1. The molecule has 140 valence electrons. The van der Waals surface area contributed by atoms with Gasteiger partial charge in [0.15, 0.2) is 0 Å². The summed E-state index contributed by atoms with van der Waals surface area (Å²) in [7, 11) is 0. The standard InChI is InChI=1S/C21H18F3NO2/c1-14-7-8-15(2)25(14)18-11-9-16(10-12-18)20(26)27-13-17-5-3-4-6-19(17)21(22,23)24/h3-12H,13H2,1-2H3. The molecule has 2 aromatic carbocycles. The average Bonchev–Trinajstić information content (AvgIpc) is 2.98. The zero-order chi connectivity index (χ0) is 19.6. The first-order valence-electron chi connectivity index (χ1n) is 8.35. The van der Waals surface area contributed by atoms with E-state index in [9.17, 15) is 18.0 Å². The minimum Gasteiger partial charge on any atom is -0.457 e. The third-order valence-electron chi connectivity index (χ3n) is 4.31. The first-order chi connectivity index (χ1) is 12.8. The van der Waals surface area contributed by atoms with Crippen molar-refractivity contribution in [2.24, 2.45) is 0 Å². The summed E-state index contributed by atoms with van der Waals surface area (Å²) in [5.74, 6) is -0.667. The molecular formula is C21H18F3NO2. The van der Waals surface area contributed by atoms with E-state index < -0.39 is 24.3 Å². The van der Waals surface area contributed by atoms with Gasteiger partial charge in [-0.2, -0.15) is 13.2 Å². The fourth-order valence-electron chi connectivity index (χ4n) is 2.97. The minimum absolute atomic E-state index is 0.0754. The monoisotopic (exact) mass is 373 g/mol. The van der Waals surface area contributed by atoms with E-state index in [0.29, 0.717) is 0 Å². The molecule has 6 heteroatoms. The molecule has 27 heavy (non-hydrogen) atoms. The van der Waals surface area contributed by atoms with Crippen LogP contribution in [0, 0.1) is 13.8 Å². The molecule has 0 N–H and O–H groups in total. The van der Waals surface area contributed by atoms with Gasteiger partial charge in [-0.15, -0.1) is 0 Å². The normalized spacial score (nSPS) is 11.4. The van der Waals surface area contributed by atoms with E-state index in [4.69, 9.17) is 4.74 Å². The summed E-state index contributed by atoms with van der Waals surface area (Å²) < 4.78 is 46.1. The van der Waals surface area contributed by atoms with Crippen molar-refractivity contribution in [1.82, 2.24) is 4.57 Å². The Morgan fingerprint density at radius 1 is 0.926 bits per heavy atom. The quantitative estimate of drug-likeness (QED) is 0.568. The van der Waals surface area contributed by atoms with Gasteiger partial charge in [0.1, 0.15) is 6.61 Å². The third-order valence-corrected chi connectivity index (χ3v) is 4.31. The summed E-state index contributed by atoms with van der Waals surface area (Å²) in [6, 6.07) is 15.8. The lowest BCUT2D eigenvalue weighted by molar-refractivity contribution is -0.138. The molecule has 0 aliphatic carbocycles. The lowest BCUT2D eigenvalue weighted by atomic mass is 10.1. The molecule has 3 aromatic rings. The Labute approximate surface area is 155 Å². The van der Waals surface area contributed by atoms with Crippen molar-refractivity contribution in [1.29, 1.82) is 0 Å². The Hall–Kier alpha value is -3.02. The number of alkyl halides is 3. The van der Waals surface area contributed by atoms with Crippen LogP contribution in [0.2, 0.25) is 0 Å². The average molecular weight is 373 g/mol. The van der Waals surface area contributed by atoms with Gasteiger partial charge in [0.25, 0.3) is 0 Å². The van der Waals surface area contributed by atoms with E-state index in [-0.39, 0.29) is 11.1 Å². The van der Waals surface area contributed by atoms with E-state index >= 15 is 0 Å². The van der Waals surface area contributed by atoms with Gasteiger partial charge in [-0.05, 0) is 56.3 Å². The Bertz CT molecular complexity index is 937. The molecule has 0 saturated heterocycles. The van der Waals surface area contributed by atoms with Crippen LogP contribution < -0.4 is 0 Å². The summed E-state index contributed by atoms with van der Waals surface area (Å²) in [5, 5.41) is 0. The smallest absolute Gasteiger partial charge is 0.416 e. The number of benzene rings is 2. The summed E-state index contributed by atoms with van der Waals surface area (Å²) in [6.07, 6.45) is -4.49. The van der Waals surface area contributed by atoms with Crippen molar-refractivity contribution in [2.75, 3.05) is 0 Å². The Balaban J connectivity index is 1.73. The Morgan fingerprint density at radius 2 is 1.52 bits per heavy atom. The molecule has 0 amide bonds. The number of rotatable bonds is 4. The Kier molecular flexibility index (Phi) is 5.08. The molecule has 0 saturated carbocycles. The SMILES string of the molecule is Cc1ccc(C)n1-c1ccc(C(=O)OCc2ccccc2C(F)(F)F)cc1. The summed E-state index contributed by atoms with van der Waals surface area (Å²) >= 11 is 0. The van der Waals surface area contributed by atoms with Gasteiger partial charge in [0, 0.05) is 22.6 Å². The number of ether oxygens (including phenoxy) is 1. The topological polar surface area (TPSA) is 31.2 Å². The van der Waals surface area contributed by atoms with Crippen molar-refractivity contribution in [2.45, 2.75) is 26.6 Å². The largest absolute Gasteiger partial charge is 0.457 e. The van der Waals surface area contributed by atoms with Gasteiger partial charge in [-0.1, -0.05) is 18.2 Å². The molecule has 0 aliphatic heterocycles. The second-order valence-corrected chi connectivity index (χ2v) is 6.23. The predicted molar refractivity (Wildman–Crippen MR) is 95.8 cm³/mol. The number of hydrogen-bond donors (Lipinski definition) is 0. The van der Waals surface area contributed by atoms with E-state index in [1.807, 2.05) is 30.5 Å². The highest BCUT2D eigenvalue weighted by atomic mass is 19.4. The van der Waals surface area contributed by atoms with Crippen LogP contribution in [0.1, 0.15) is 32.9 Å².